The zero-order chi connectivity index (χ0) is 15.0. The monoisotopic (exact) mass is 298 g/mol. The maximum Gasteiger partial charge on any atom is 0.211 e. The zero-order valence-corrected chi connectivity index (χ0v) is 13.5. The van der Waals surface area contributed by atoms with Gasteiger partial charge in [-0.2, -0.15) is 0 Å². The topological polar surface area (TPSA) is 58.2 Å². The van der Waals surface area contributed by atoms with E-state index in [1.54, 1.807) is 0 Å². The van der Waals surface area contributed by atoms with E-state index in [0.29, 0.717) is 19.0 Å². The van der Waals surface area contributed by atoms with Gasteiger partial charge in [-0.15, -0.1) is 0 Å². The van der Waals surface area contributed by atoms with Gasteiger partial charge in [-0.05, 0) is 30.5 Å². The largest absolute Gasteiger partial charge is 0.314 e. The molecule has 20 heavy (non-hydrogen) atoms. The molecule has 0 radical (unpaired) electrons. The number of nitrogens with one attached hydrogen (secondary N) is 2. The number of benzene rings is 1. The molecule has 0 aliphatic carbocycles. The van der Waals surface area contributed by atoms with Gasteiger partial charge in [0.25, 0.3) is 0 Å². The Balaban J connectivity index is 2.34. The first-order valence-corrected chi connectivity index (χ1v) is 8.86. The Kier molecular flexibility index (Phi) is 7.19. The Morgan fingerprint density at radius 2 is 1.70 bits per heavy atom. The summed E-state index contributed by atoms with van der Waals surface area (Å²) in [6.07, 6.45) is 1.62. The molecule has 0 saturated carbocycles. The Bertz CT molecular complexity index is 481. The van der Waals surface area contributed by atoms with E-state index in [4.69, 9.17) is 0 Å². The SMILES string of the molecule is CCc1ccc(CNS(=O)(=O)CCCNC(C)C)cc1. The van der Waals surface area contributed by atoms with Crippen molar-refractivity contribution in [1.29, 1.82) is 0 Å². The molecule has 0 aliphatic rings. The van der Waals surface area contributed by atoms with Crippen LogP contribution in [-0.2, 0) is 23.0 Å². The van der Waals surface area contributed by atoms with E-state index in [1.165, 1.54) is 5.56 Å². The van der Waals surface area contributed by atoms with Crippen LogP contribution in [0.5, 0.6) is 0 Å². The molecule has 1 aromatic rings. The summed E-state index contributed by atoms with van der Waals surface area (Å²) in [5, 5.41) is 3.21. The number of rotatable bonds is 9. The second kappa shape index (κ2) is 8.39. The summed E-state index contributed by atoms with van der Waals surface area (Å²) < 4.78 is 26.3. The van der Waals surface area contributed by atoms with Crippen molar-refractivity contribution in [3.05, 3.63) is 35.4 Å². The molecule has 0 aliphatic heterocycles. The van der Waals surface area contributed by atoms with E-state index in [1.807, 2.05) is 38.1 Å². The standard InChI is InChI=1S/C15H26N2O2S/c1-4-14-6-8-15(9-7-14)12-17-20(18,19)11-5-10-16-13(2)3/h6-9,13,16-17H,4-5,10-12H2,1-3H3. The van der Waals surface area contributed by atoms with Gasteiger partial charge in [0.1, 0.15) is 0 Å². The third kappa shape index (κ3) is 7.03. The first kappa shape index (κ1) is 17.1. The highest BCUT2D eigenvalue weighted by Gasteiger charge is 2.09. The van der Waals surface area contributed by atoms with Crippen molar-refractivity contribution >= 4 is 10.0 Å². The minimum Gasteiger partial charge on any atom is -0.314 e. The van der Waals surface area contributed by atoms with E-state index in [9.17, 15) is 8.42 Å². The molecule has 4 nitrogen and oxygen atoms in total. The fourth-order valence-electron chi connectivity index (χ4n) is 1.81. The van der Waals surface area contributed by atoms with E-state index < -0.39 is 10.0 Å². The summed E-state index contributed by atoms with van der Waals surface area (Å²) in [5.41, 5.74) is 2.25. The number of hydrogen-bond acceptors (Lipinski definition) is 3. The molecule has 0 heterocycles. The van der Waals surface area contributed by atoms with Crippen molar-refractivity contribution in [3.8, 4) is 0 Å². The summed E-state index contributed by atoms with van der Waals surface area (Å²) in [6, 6.07) is 8.41. The van der Waals surface area contributed by atoms with Crippen LogP contribution >= 0.6 is 0 Å². The Morgan fingerprint density at radius 3 is 2.25 bits per heavy atom. The van der Waals surface area contributed by atoms with Gasteiger partial charge in [0.2, 0.25) is 10.0 Å². The Hall–Kier alpha value is -0.910. The maximum absolute atomic E-state index is 11.8. The Morgan fingerprint density at radius 1 is 1.10 bits per heavy atom. The van der Waals surface area contributed by atoms with E-state index in [2.05, 4.69) is 17.0 Å². The second-order valence-electron chi connectivity index (χ2n) is 5.27. The summed E-state index contributed by atoms with van der Waals surface area (Å²) in [6.45, 7) is 7.29. The molecule has 0 unspecified atom stereocenters. The average molecular weight is 298 g/mol. The van der Waals surface area contributed by atoms with Gasteiger partial charge in [0.15, 0.2) is 0 Å². The van der Waals surface area contributed by atoms with Crippen molar-refractivity contribution in [2.75, 3.05) is 12.3 Å². The summed E-state index contributed by atoms with van der Waals surface area (Å²) >= 11 is 0. The van der Waals surface area contributed by atoms with Crippen LogP contribution in [0.3, 0.4) is 0 Å². The van der Waals surface area contributed by atoms with Crippen LogP contribution in [0.4, 0.5) is 0 Å². The lowest BCUT2D eigenvalue weighted by atomic mass is 10.1. The highest BCUT2D eigenvalue weighted by molar-refractivity contribution is 7.89. The van der Waals surface area contributed by atoms with Gasteiger partial charge >= 0.3 is 0 Å². The maximum atomic E-state index is 11.8. The van der Waals surface area contributed by atoms with Crippen LogP contribution in [0.15, 0.2) is 24.3 Å². The molecular formula is C15H26N2O2S. The molecule has 0 atom stereocenters. The Labute approximate surface area is 123 Å². The van der Waals surface area contributed by atoms with Crippen LogP contribution in [-0.4, -0.2) is 26.8 Å². The lowest BCUT2D eigenvalue weighted by molar-refractivity contribution is 0.561. The van der Waals surface area contributed by atoms with Crippen molar-refractivity contribution in [3.63, 3.8) is 0 Å². The third-order valence-electron chi connectivity index (χ3n) is 3.07. The second-order valence-corrected chi connectivity index (χ2v) is 7.20. The average Bonchev–Trinajstić information content (AvgIpc) is 2.42. The fourth-order valence-corrected chi connectivity index (χ4v) is 2.87. The van der Waals surface area contributed by atoms with Gasteiger partial charge in [-0.3, -0.25) is 0 Å². The molecule has 1 aromatic carbocycles. The van der Waals surface area contributed by atoms with Crippen LogP contribution < -0.4 is 10.0 Å². The van der Waals surface area contributed by atoms with Gasteiger partial charge < -0.3 is 5.32 Å². The first-order valence-electron chi connectivity index (χ1n) is 7.21. The van der Waals surface area contributed by atoms with Crippen LogP contribution in [0.2, 0.25) is 0 Å². The minimum absolute atomic E-state index is 0.166. The summed E-state index contributed by atoms with van der Waals surface area (Å²) in [7, 11) is -3.18. The van der Waals surface area contributed by atoms with Gasteiger partial charge in [0, 0.05) is 12.6 Å². The predicted octanol–water partition coefficient (Wildman–Crippen LogP) is 2.06. The van der Waals surface area contributed by atoms with E-state index in [0.717, 1.165) is 18.5 Å². The highest BCUT2D eigenvalue weighted by atomic mass is 32.2. The molecule has 0 saturated heterocycles. The normalized spacial score (nSPS) is 12.0. The summed E-state index contributed by atoms with van der Waals surface area (Å²) in [4.78, 5) is 0. The van der Waals surface area contributed by atoms with Gasteiger partial charge in [-0.1, -0.05) is 45.0 Å². The molecular weight excluding hydrogens is 272 g/mol. The van der Waals surface area contributed by atoms with Gasteiger partial charge in [0.05, 0.1) is 5.75 Å². The third-order valence-corrected chi connectivity index (χ3v) is 4.48. The zero-order valence-electron chi connectivity index (χ0n) is 12.6. The van der Waals surface area contributed by atoms with Crippen LogP contribution in [0.1, 0.15) is 38.3 Å². The van der Waals surface area contributed by atoms with Crippen molar-refractivity contribution < 1.29 is 8.42 Å². The van der Waals surface area contributed by atoms with Gasteiger partial charge in [-0.25, -0.2) is 13.1 Å². The van der Waals surface area contributed by atoms with Crippen molar-refractivity contribution in [2.45, 2.75) is 46.2 Å². The van der Waals surface area contributed by atoms with Crippen LogP contribution in [0, 0.1) is 0 Å². The number of sulfonamides is 1. The van der Waals surface area contributed by atoms with Crippen LogP contribution in [0.25, 0.3) is 0 Å². The number of hydrogen-bond donors (Lipinski definition) is 2. The molecule has 0 aromatic heterocycles. The lowest BCUT2D eigenvalue weighted by Crippen LogP contribution is -2.29. The fraction of sp³-hybridized carbons (Fsp3) is 0.600. The molecule has 5 heteroatoms. The molecule has 2 N–H and O–H groups in total. The quantitative estimate of drug-likeness (QED) is 0.686. The van der Waals surface area contributed by atoms with Crippen molar-refractivity contribution in [2.24, 2.45) is 0 Å². The molecule has 0 fully saturated rings. The van der Waals surface area contributed by atoms with E-state index >= 15 is 0 Å². The predicted molar refractivity (Wildman–Crippen MR) is 84.2 cm³/mol. The highest BCUT2D eigenvalue weighted by Crippen LogP contribution is 2.05. The molecule has 0 amide bonds. The summed E-state index contributed by atoms with van der Waals surface area (Å²) in [5.74, 6) is 0.166. The first-order chi connectivity index (χ1) is 9.43. The van der Waals surface area contributed by atoms with Crippen molar-refractivity contribution in [1.82, 2.24) is 10.0 Å². The smallest absolute Gasteiger partial charge is 0.211 e. The molecule has 0 bridgehead atoms. The minimum atomic E-state index is -3.18. The molecule has 0 spiro atoms. The lowest BCUT2D eigenvalue weighted by Gasteiger charge is -2.09. The molecule has 1 rings (SSSR count). The number of aryl methyl sites for hydroxylation is 1. The van der Waals surface area contributed by atoms with E-state index in [-0.39, 0.29) is 5.75 Å². The molecule has 114 valence electrons.